The molecule has 0 saturated carbocycles. The van der Waals surface area contributed by atoms with Crippen LogP contribution >= 0.6 is 0 Å². The van der Waals surface area contributed by atoms with E-state index in [4.69, 9.17) is 15.2 Å². The second kappa shape index (κ2) is 6.37. The highest BCUT2D eigenvalue weighted by Crippen LogP contribution is 2.28. The lowest BCUT2D eigenvalue weighted by atomic mass is 9.90. The van der Waals surface area contributed by atoms with Crippen LogP contribution in [0.15, 0.2) is 24.3 Å². The summed E-state index contributed by atoms with van der Waals surface area (Å²) in [7, 11) is 3.83. The predicted molar refractivity (Wildman–Crippen MR) is 76.3 cm³/mol. The molecule has 4 nitrogen and oxygen atoms in total. The minimum atomic E-state index is -0.0426. The van der Waals surface area contributed by atoms with Crippen LogP contribution in [-0.2, 0) is 11.3 Å². The molecule has 2 rings (SSSR count). The Morgan fingerprint density at radius 2 is 2.21 bits per heavy atom. The van der Waals surface area contributed by atoms with Gasteiger partial charge in [-0.1, -0.05) is 18.2 Å². The first-order chi connectivity index (χ1) is 9.22. The van der Waals surface area contributed by atoms with Gasteiger partial charge in [-0.25, -0.2) is 0 Å². The highest BCUT2D eigenvalue weighted by atomic mass is 16.5. The lowest BCUT2D eigenvalue weighted by Gasteiger charge is -2.43. The number of para-hydroxylation sites is 1. The number of benzene rings is 1. The number of ether oxygens (including phenoxy) is 2. The van der Waals surface area contributed by atoms with Crippen molar-refractivity contribution in [3.05, 3.63) is 29.8 Å². The van der Waals surface area contributed by atoms with Gasteiger partial charge in [0.25, 0.3) is 0 Å². The van der Waals surface area contributed by atoms with Crippen molar-refractivity contribution < 1.29 is 9.47 Å². The van der Waals surface area contributed by atoms with Crippen LogP contribution in [-0.4, -0.2) is 44.4 Å². The topological polar surface area (TPSA) is 47.7 Å². The summed E-state index contributed by atoms with van der Waals surface area (Å²) in [6, 6.07) is 8.13. The average Bonchev–Trinajstić information content (AvgIpc) is 2.48. The van der Waals surface area contributed by atoms with Crippen molar-refractivity contribution in [1.82, 2.24) is 4.90 Å². The molecule has 0 aromatic heterocycles. The molecule has 1 aliphatic rings. The molecule has 1 unspecified atom stereocenters. The molecule has 0 spiro atoms. The Labute approximate surface area is 115 Å². The number of hydrogen-bond donors (Lipinski definition) is 1. The molecule has 1 aromatic rings. The van der Waals surface area contributed by atoms with E-state index in [9.17, 15) is 0 Å². The van der Waals surface area contributed by atoms with Crippen LogP contribution < -0.4 is 10.5 Å². The predicted octanol–water partition coefficient (Wildman–Crippen LogP) is 1.63. The van der Waals surface area contributed by atoms with Gasteiger partial charge >= 0.3 is 0 Å². The molecular weight excluding hydrogens is 240 g/mol. The zero-order chi connectivity index (χ0) is 13.7. The van der Waals surface area contributed by atoms with E-state index >= 15 is 0 Å². The SMILES string of the molecule is COc1ccccc1CN(C)C1(CN)CCCOC1. The molecule has 1 atom stereocenters. The van der Waals surface area contributed by atoms with Crippen molar-refractivity contribution in [2.45, 2.75) is 24.9 Å². The molecule has 0 amide bonds. The lowest BCUT2D eigenvalue weighted by Crippen LogP contribution is -2.56. The van der Waals surface area contributed by atoms with Gasteiger partial charge in [-0.15, -0.1) is 0 Å². The summed E-state index contributed by atoms with van der Waals surface area (Å²) in [5.74, 6) is 0.929. The van der Waals surface area contributed by atoms with Crippen LogP contribution in [0.4, 0.5) is 0 Å². The van der Waals surface area contributed by atoms with Gasteiger partial charge in [-0.2, -0.15) is 0 Å². The molecule has 0 bridgehead atoms. The van der Waals surface area contributed by atoms with E-state index in [0.29, 0.717) is 6.54 Å². The molecule has 1 saturated heterocycles. The van der Waals surface area contributed by atoms with E-state index < -0.39 is 0 Å². The number of likely N-dealkylation sites (N-methyl/N-ethyl adjacent to an activating group) is 1. The Morgan fingerprint density at radius 3 is 2.84 bits per heavy atom. The fourth-order valence-electron chi connectivity index (χ4n) is 2.71. The second-order valence-electron chi connectivity index (χ2n) is 5.25. The maximum absolute atomic E-state index is 6.01. The van der Waals surface area contributed by atoms with Gasteiger partial charge in [0.05, 0.1) is 19.3 Å². The van der Waals surface area contributed by atoms with E-state index in [1.165, 1.54) is 5.56 Å². The van der Waals surface area contributed by atoms with Crippen molar-refractivity contribution >= 4 is 0 Å². The summed E-state index contributed by atoms with van der Waals surface area (Å²) in [6.07, 6.45) is 2.17. The van der Waals surface area contributed by atoms with Gasteiger partial charge < -0.3 is 15.2 Å². The highest BCUT2D eigenvalue weighted by molar-refractivity contribution is 5.33. The Morgan fingerprint density at radius 1 is 1.42 bits per heavy atom. The third kappa shape index (κ3) is 3.08. The molecular formula is C15H24N2O2. The van der Waals surface area contributed by atoms with E-state index in [1.807, 2.05) is 18.2 Å². The zero-order valence-electron chi connectivity index (χ0n) is 11.9. The summed E-state index contributed by atoms with van der Waals surface area (Å²) in [6.45, 7) is 3.02. The molecule has 1 fully saturated rings. The van der Waals surface area contributed by atoms with Crippen molar-refractivity contribution in [3.8, 4) is 5.75 Å². The fourth-order valence-corrected chi connectivity index (χ4v) is 2.71. The van der Waals surface area contributed by atoms with Crippen LogP contribution in [0.1, 0.15) is 18.4 Å². The minimum absolute atomic E-state index is 0.0426. The molecule has 0 aliphatic carbocycles. The van der Waals surface area contributed by atoms with E-state index in [0.717, 1.165) is 38.3 Å². The Kier molecular flexibility index (Phi) is 4.80. The highest BCUT2D eigenvalue weighted by Gasteiger charge is 2.35. The molecule has 4 heteroatoms. The maximum atomic E-state index is 6.01. The Bertz CT molecular complexity index is 403. The lowest BCUT2D eigenvalue weighted by molar-refractivity contribution is -0.0376. The smallest absolute Gasteiger partial charge is 0.123 e. The number of nitrogens with two attached hydrogens (primary N) is 1. The third-order valence-electron chi connectivity index (χ3n) is 4.09. The summed E-state index contributed by atoms with van der Waals surface area (Å²) >= 11 is 0. The standard InChI is InChI=1S/C15H24N2O2/c1-17(15(11-16)8-5-9-19-12-15)10-13-6-3-4-7-14(13)18-2/h3-4,6-7H,5,8-12,16H2,1-2H3. The molecule has 1 aliphatic heterocycles. The number of methoxy groups -OCH3 is 1. The Hall–Kier alpha value is -1.10. The summed E-state index contributed by atoms with van der Waals surface area (Å²) < 4.78 is 11.0. The van der Waals surface area contributed by atoms with Crippen LogP contribution in [0.5, 0.6) is 5.75 Å². The monoisotopic (exact) mass is 264 g/mol. The van der Waals surface area contributed by atoms with Crippen LogP contribution in [0.25, 0.3) is 0 Å². The van der Waals surface area contributed by atoms with Gasteiger partial charge in [0, 0.05) is 25.3 Å². The van der Waals surface area contributed by atoms with Crippen LogP contribution in [0.3, 0.4) is 0 Å². The summed E-state index contributed by atoms with van der Waals surface area (Å²) in [5.41, 5.74) is 7.15. The minimum Gasteiger partial charge on any atom is -0.496 e. The second-order valence-corrected chi connectivity index (χ2v) is 5.25. The molecule has 1 heterocycles. The Balaban J connectivity index is 2.12. The van der Waals surface area contributed by atoms with Crippen LogP contribution in [0, 0.1) is 0 Å². The van der Waals surface area contributed by atoms with E-state index in [1.54, 1.807) is 7.11 Å². The maximum Gasteiger partial charge on any atom is 0.123 e. The fraction of sp³-hybridized carbons (Fsp3) is 0.600. The van der Waals surface area contributed by atoms with E-state index in [-0.39, 0.29) is 5.54 Å². The van der Waals surface area contributed by atoms with Crippen molar-refractivity contribution in [2.75, 3.05) is 33.9 Å². The zero-order valence-corrected chi connectivity index (χ0v) is 11.9. The third-order valence-corrected chi connectivity index (χ3v) is 4.09. The molecule has 1 aromatic carbocycles. The molecule has 2 N–H and O–H groups in total. The van der Waals surface area contributed by atoms with Crippen LogP contribution in [0.2, 0.25) is 0 Å². The van der Waals surface area contributed by atoms with Crippen molar-refractivity contribution in [3.63, 3.8) is 0 Å². The number of hydrogen-bond acceptors (Lipinski definition) is 4. The van der Waals surface area contributed by atoms with E-state index in [2.05, 4.69) is 18.0 Å². The quantitative estimate of drug-likeness (QED) is 0.878. The number of rotatable bonds is 5. The summed E-state index contributed by atoms with van der Waals surface area (Å²) in [4.78, 5) is 2.31. The molecule has 0 radical (unpaired) electrons. The first-order valence-electron chi connectivity index (χ1n) is 6.83. The average molecular weight is 264 g/mol. The van der Waals surface area contributed by atoms with Gasteiger partial charge in [-0.3, -0.25) is 4.90 Å². The first kappa shape index (κ1) is 14.3. The van der Waals surface area contributed by atoms with Gasteiger partial charge in [0.2, 0.25) is 0 Å². The summed E-state index contributed by atoms with van der Waals surface area (Å²) in [5, 5.41) is 0. The van der Waals surface area contributed by atoms with Gasteiger partial charge in [-0.05, 0) is 26.0 Å². The van der Waals surface area contributed by atoms with Crippen molar-refractivity contribution in [2.24, 2.45) is 5.73 Å². The van der Waals surface area contributed by atoms with Crippen molar-refractivity contribution in [1.29, 1.82) is 0 Å². The molecule has 19 heavy (non-hydrogen) atoms. The van der Waals surface area contributed by atoms with Gasteiger partial charge in [0.15, 0.2) is 0 Å². The first-order valence-corrected chi connectivity index (χ1v) is 6.83. The number of nitrogens with zero attached hydrogens (tertiary/aromatic N) is 1. The molecule has 106 valence electrons. The van der Waals surface area contributed by atoms with Gasteiger partial charge in [0.1, 0.15) is 5.75 Å². The largest absolute Gasteiger partial charge is 0.496 e. The normalized spacial score (nSPS) is 23.6.